The van der Waals surface area contributed by atoms with Crippen molar-refractivity contribution >= 4 is 6.09 Å². The molecular formula is C17H16N2O4. The Bertz CT molecular complexity index is 778. The summed E-state index contributed by atoms with van der Waals surface area (Å²) in [5.41, 5.74) is 2.35. The Kier molecular flexibility index (Phi) is 4.42. The van der Waals surface area contributed by atoms with E-state index in [1.807, 2.05) is 25.1 Å². The molecule has 2 heterocycles. The van der Waals surface area contributed by atoms with Gasteiger partial charge < -0.3 is 19.0 Å². The second kappa shape index (κ2) is 6.83. The van der Waals surface area contributed by atoms with Crippen LogP contribution < -0.4 is 10.1 Å². The maximum atomic E-state index is 11.7. The third kappa shape index (κ3) is 4.00. The molecule has 6 heteroatoms. The lowest BCUT2D eigenvalue weighted by Crippen LogP contribution is -2.28. The summed E-state index contributed by atoms with van der Waals surface area (Å²) >= 11 is 0. The molecule has 0 aliphatic rings. The molecule has 0 bridgehead atoms. The molecule has 0 radical (unpaired) electrons. The standard InChI is InChI=1S/C17H16N2O4/c1-12-4-2-5-13(10-12)7-8-18-17(20)22-16-11-15(23-19-16)14-6-3-9-21-14/h2-6,9-11H,7-8H2,1H3,(H,18,20). The Hall–Kier alpha value is -3.02. The lowest BCUT2D eigenvalue weighted by Gasteiger charge is -2.05. The third-order valence-electron chi connectivity index (χ3n) is 3.22. The van der Waals surface area contributed by atoms with Gasteiger partial charge in [-0.1, -0.05) is 29.8 Å². The maximum absolute atomic E-state index is 11.7. The number of benzene rings is 1. The molecule has 1 amide bonds. The fourth-order valence-corrected chi connectivity index (χ4v) is 2.15. The number of amides is 1. The first-order chi connectivity index (χ1) is 11.2. The Morgan fingerprint density at radius 1 is 1.22 bits per heavy atom. The van der Waals surface area contributed by atoms with Gasteiger partial charge in [-0.3, -0.25) is 0 Å². The fourth-order valence-electron chi connectivity index (χ4n) is 2.15. The molecule has 0 fully saturated rings. The molecule has 1 N–H and O–H groups in total. The predicted molar refractivity (Wildman–Crippen MR) is 83.1 cm³/mol. The van der Waals surface area contributed by atoms with Crippen molar-refractivity contribution < 1.29 is 18.5 Å². The number of hydrogen-bond donors (Lipinski definition) is 1. The van der Waals surface area contributed by atoms with Crippen LogP contribution in [0.3, 0.4) is 0 Å². The highest BCUT2D eigenvalue weighted by molar-refractivity contribution is 5.70. The van der Waals surface area contributed by atoms with Gasteiger partial charge in [0.1, 0.15) is 0 Å². The van der Waals surface area contributed by atoms with E-state index < -0.39 is 6.09 Å². The minimum absolute atomic E-state index is 0.0875. The molecule has 6 nitrogen and oxygen atoms in total. The van der Waals surface area contributed by atoms with Crippen LogP contribution in [0.15, 0.2) is 57.7 Å². The third-order valence-corrected chi connectivity index (χ3v) is 3.22. The van der Waals surface area contributed by atoms with E-state index in [1.165, 1.54) is 17.9 Å². The molecule has 0 saturated heterocycles. The number of carbonyl (C=O) groups excluding carboxylic acids is 1. The van der Waals surface area contributed by atoms with Crippen LogP contribution in [0, 0.1) is 6.92 Å². The van der Waals surface area contributed by atoms with E-state index in [2.05, 4.69) is 16.5 Å². The van der Waals surface area contributed by atoms with Gasteiger partial charge in [0.25, 0.3) is 5.88 Å². The van der Waals surface area contributed by atoms with Crippen LogP contribution in [0.1, 0.15) is 11.1 Å². The molecule has 23 heavy (non-hydrogen) atoms. The number of furan rings is 1. The number of aryl methyl sites for hydroxylation is 1. The van der Waals surface area contributed by atoms with E-state index in [9.17, 15) is 4.79 Å². The van der Waals surface area contributed by atoms with Gasteiger partial charge in [-0.15, -0.1) is 0 Å². The first-order valence-electron chi connectivity index (χ1n) is 7.22. The molecule has 2 aromatic heterocycles. The quantitative estimate of drug-likeness (QED) is 0.779. The van der Waals surface area contributed by atoms with Gasteiger partial charge in [0, 0.05) is 6.54 Å². The number of hydrogen-bond acceptors (Lipinski definition) is 5. The zero-order valence-corrected chi connectivity index (χ0v) is 12.6. The van der Waals surface area contributed by atoms with Crippen molar-refractivity contribution in [2.45, 2.75) is 13.3 Å². The lowest BCUT2D eigenvalue weighted by atomic mass is 10.1. The van der Waals surface area contributed by atoms with Gasteiger partial charge in [-0.05, 0) is 36.2 Å². The number of ether oxygens (including phenoxy) is 1. The summed E-state index contributed by atoms with van der Waals surface area (Å²) in [6.07, 6.45) is 1.68. The van der Waals surface area contributed by atoms with E-state index in [-0.39, 0.29) is 5.88 Å². The molecular weight excluding hydrogens is 296 g/mol. The van der Waals surface area contributed by atoms with Crippen LogP contribution in [0.4, 0.5) is 4.79 Å². The predicted octanol–water partition coefficient (Wildman–Crippen LogP) is 3.57. The number of nitrogens with one attached hydrogen (secondary N) is 1. The summed E-state index contributed by atoms with van der Waals surface area (Å²) in [6.45, 7) is 2.51. The lowest BCUT2D eigenvalue weighted by molar-refractivity contribution is 0.196. The van der Waals surface area contributed by atoms with Crippen molar-refractivity contribution in [2.24, 2.45) is 0 Å². The normalized spacial score (nSPS) is 10.5. The monoisotopic (exact) mass is 312 g/mol. The second-order valence-corrected chi connectivity index (χ2v) is 5.06. The van der Waals surface area contributed by atoms with Crippen molar-refractivity contribution in [3.8, 4) is 17.4 Å². The molecule has 0 aliphatic heterocycles. The molecule has 118 valence electrons. The van der Waals surface area contributed by atoms with Crippen LogP contribution in [0.25, 0.3) is 11.5 Å². The van der Waals surface area contributed by atoms with Crippen molar-refractivity contribution in [1.82, 2.24) is 10.5 Å². The van der Waals surface area contributed by atoms with Crippen LogP contribution >= 0.6 is 0 Å². The first kappa shape index (κ1) is 14.9. The molecule has 0 unspecified atom stereocenters. The van der Waals surface area contributed by atoms with E-state index >= 15 is 0 Å². The SMILES string of the molecule is Cc1cccc(CCNC(=O)Oc2cc(-c3ccco3)on2)c1. The highest BCUT2D eigenvalue weighted by Gasteiger charge is 2.12. The van der Waals surface area contributed by atoms with Crippen LogP contribution in [0.2, 0.25) is 0 Å². The molecule has 0 atom stereocenters. The Balaban J connectivity index is 1.48. The topological polar surface area (TPSA) is 77.5 Å². The molecule has 3 aromatic rings. The first-order valence-corrected chi connectivity index (χ1v) is 7.22. The van der Waals surface area contributed by atoms with Crippen LogP contribution in [-0.4, -0.2) is 17.8 Å². The van der Waals surface area contributed by atoms with E-state index in [4.69, 9.17) is 13.7 Å². The maximum Gasteiger partial charge on any atom is 0.414 e. The highest BCUT2D eigenvalue weighted by Crippen LogP contribution is 2.23. The summed E-state index contributed by atoms with van der Waals surface area (Å²) in [6, 6.07) is 13.1. The molecule has 1 aromatic carbocycles. The molecule has 0 spiro atoms. The van der Waals surface area contributed by atoms with Crippen molar-refractivity contribution in [1.29, 1.82) is 0 Å². The smallest absolute Gasteiger partial charge is 0.414 e. The Labute approximate surface area is 133 Å². The molecule has 3 rings (SSSR count). The van der Waals surface area contributed by atoms with E-state index in [0.29, 0.717) is 18.1 Å². The van der Waals surface area contributed by atoms with Crippen LogP contribution in [-0.2, 0) is 6.42 Å². The zero-order chi connectivity index (χ0) is 16.1. The van der Waals surface area contributed by atoms with Gasteiger partial charge >= 0.3 is 6.09 Å². The van der Waals surface area contributed by atoms with E-state index in [0.717, 1.165) is 12.0 Å². The summed E-state index contributed by atoms with van der Waals surface area (Å²) in [4.78, 5) is 11.7. The fraction of sp³-hybridized carbons (Fsp3) is 0.176. The van der Waals surface area contributed by atoms with Crippen molar-refractivity contribution in [3.05, 3.63) is 59.9 Å². The second-order valence-electron chi connectivity index (χ2n) is 5.06. The number of aromatic nitrogens is 1. The largest absolute Gasteiger partial charge is 0.461 e. The number of carbonyl (C=O) groups is 1. The summed E-state index contributed by atoms with van der Waals surface area (Å²) in [7, 11) is 0. The Morgan fingerprint density at radius 3 is 2.91 bits per heavy atom. The number of rotatable bonds is 5. The van der Waals surface area contributed by atoms with Crippen LogP contribution in [0.5, 0.6) is 5.88 Å². The van der Waals surface area contributed by atoms with Gasteiger partial charge in [0.05, 0.1) is 12.3 Å². The summed E-state index contributed by atoms with van der Waals surface area (Å²) in [5.74, 6) is 1.01. The van der Waals surface area contributed by atoms with Gasteiger partial charge in [-0.25, -0.2) is 4.79 Å². The average molecular weight is 312 g/mol. The van der Waals surface area contributed by atoms with Crippen molar-refractivity contribution in [3.63, 3.8) is 0 Å². The minimum atomic E-state index is -0.572. The number of nitrogens with zero attached hydrogens (tertiary/aromatic N) is 1. The Morgan fingerprint density at radius 2 is 2.13 bits per heavy atom. The average Bonchev–Trinajstić information content (AvgIpc) is 3.18. The van der Waals surface area contributed by atoms with Gasteiger partial charge in [0.2, 0.25) is 5.76 Å². The van der Waals surface area contributed by atoms with E-state index in [1.54, 1.807) is 12.1 Å². The molecule has 0 saturated carbocycles. The van der Waals surface area contributed by atoms with Gasteiger partial charge in [0.15, 0.2) is 5.76 Å². The van der Waals surface area contributed by atoms with Gasteiger partial charge in [-0.2, -0.15) is 0 Å². The minimum Gasteiger partial charge on any atom is -0.461 e. The van der Waals surface area contributed by atoms with Crippen molar-refractivity contribution in [2.75, 3.05) is 6.54 Å². The molecule has 0 aliphatic carbocycles. The zero-order valence-electron chi connectivity index (χ0n) is 12.6. The highest BCUT2D eigenvalue weighted by atomic mass is 16.6. The summed E-state index contributed by atoms with van der Waals surface area (Å²) < 4.78 is 15.3. The summed E-state index contributed by atoms with van der Waals surface area (Å²) in [5, 5.41) is 6.35.